The number of para-hydroxylation sites is 1. The summed E-state index contributed by atoms with van der Waals surface area (Å²) in [7, 11) is 0. The maximum absolute atomic E-state index is 11.0. The summed E-state index contributed by atoms with van der Waals surface area (Å²) in [4.78, 5) is 11.0. The third-order valence-corrected chi connectivity index (χ3v) is 2.57. The van der Waals surface area contributed by atoms with Gasteiger partial charge in [-0.1, -0.05) is 12.1 Å². The lowest BCUT2D eigenvalue weighted by Gasteiger charge is -2.08. The van der Waals surface area contributed by atoms with Crippen LogP contribution in [-0.2, 0) is 6.54 Å². The molecule has 4 heteroatoms. The minimum Gasteiger partial charge on any atom is -0.478 e. The molecule has 0 aliphatic heterocycles. The zero-order valence-electron chi connectivity index (χ0n) is 9.43. The Morgan fingerprint density at radius 1 is 1.35 bits per heavy atom. The lowest BCUT2D eigenvalue weighted by Crippen LogP contribution is -2.06. The van der Waals surface area contributed by atoms with Crippen LogP contribution in [0.4, 0.5) is 5.69 Å². The molecule has 1 aromatic heterocycles. The highest BCUT2D eigenvalue weighted by atomic mass is 16.4. The van der Waals surface area contributed by atoms with Crippen LogP contribution in [0, 0.1) is 6.92 Å². The molecule has 2 aromatic rings. The Labute approximate surface area is 98.9 Å². The molecule has 0 amide bonds. The van der Waals surface area contributed by atoms with Gasteiger partial charge in [0.2, 0.25) is 0 Å². The molecule has 0 fully saturated rings. The zero-order chi connectivity index (χ0) is 12.3. The van der Waals surface area contributed by atoms with Gasteiger partial charge in [-0.05, 0) is 30.7 Å². The summed E-state index contributed by atoms with van der Waals surface area (Å²) in [6.45, 7) is 2.42. The Hall–Kier alpha value is -2.23. The lowest BCUT2D eigenvalue weighted by atomic mass is 10.1. The Morgan fingerprint density at radius 2 is 2.12 bits per heavy atom. The maximum Gasteiger partial charge on any atom is 0.337 e. The summed E-state index contributed by atoms with van der Waals surface area (Å²) in [5.74, 6) is -0.130. The predicted molar refractivity (Wildman–Crippen MR) is 64.2 cm³/mol. The molecule has 0 radical (unpaired) electrons. The second kappa shape index (κ2) is 4.74. The highest BCUT2D eigenvalue weighted by Gasteiger charge is 2.09. The average molecular weight is 231 g/mol. The molecule has 1 heterocycles. The molecular formula is C13H13NO3. The summed E-state index contributed by atoms with van der Waals surface area (Å²) >= 11 is 0. The van der Waals surface area contributed by atoms with Crippen LogP contribution in [0.3, 0.4) is 0 Å². The van der Waals surface area contributed by atoms with Gasteiger partial charge in [0.05, 0.1) is 18.4 Å². The van der Waals surface area contributed by atoms with Crippen LogP contribution in [-0.4, -0.2) is 11.1 Å². The van der Waals surface area contributed by atoms with E-state index in [0.717, 1.165) is 11.3 Å². The van der Waals surface area contributed by atoms with E-state index in [0.29, 0.717) is 12.2 Å². The number of benzene rings is 1. The minimum atomic E-state index is -0.940. The number of rotatable bonds is 4. The van der Waals surface area contributed by atoms with Crippen molar-refractivity contribution in [2.75, 3.05) is 5.32 Å². The van der Waals surface area contributed by atoms with Crippen LogP contribution in [0.5, 0.6) is 0 Å². The van der Waals surface area contributed by atoms with Crippen molar-refractivity contribution in [3.8, 4) is 0 Å². The molecule has 0 aliphatic carbocycles. The number of carboxylic acids is 1. The molecule has 4 nitrogen and oxygen atoms in total. The SMILES string of the molecule is Cc1ccoc1CNc1ccccc1C(=O)O. The van der Waals surface area contributed by atoms with Gasteiger partial charge in [0.25, 0.3) is 0 Å². The topological polar surface area (TPSA) is 62.5 Å². The van der Waals surface area contributed by atoms with Crippen LogP contribution in [0.1, 0.15) is 21.7 Å². The van der Waals surface area contributed by atoms with Gasteiger partial charge in [-0.3, -0.25) is 0 Å². The van der Waals surface area contributed by atoms with Crippen molar-refractivity contribution in [1.29, 1.82) is 0 Å². The molecule has 2 N–H and O–H groups in total. The molecule has 1 aromatic carbocycles. The molecular weight excluding hydrogens is 218 g/mol. The quantitative estimate of drug-likeness (QED) is 0.849. The third kappa shape index (κ3) is 2.47. The van der Waals surface area contributed by atoms with Gasteiger partial charge in [-0.15, -0.1) is 0 Å². The number of furan rings is 1. The minimum absolute atomic E-state index is 0.261. The number of hydrogen-bond donors (Lipinski definition) is 2. The van der Waals surface area contributed by atoms with Crippen molar-refractivity contribution in [3.05, 3.63) is 53.5 Å². The monoisotopic (exact) mass is 231 g/mol. The average Bonchev–Trinajstić information content (AvgIpc) is 2.72. The fourth-order valence-electron chi connectivity index (χ4n) is 1.58. The van der Waals surface area contributed by atoms with E-state index in [2.05, 4.69) is 5.32 Å². The number of hydrogen-bond acceptors (Lipinski definition) is 3. The summed E-state index contributed by atoms with van der Waals surface area (Å²) in [6.07, 6.45) is 1.62. The van der Waals surface area contributed by atoms with E-state index in [9.17, 15) is 4.79 Å². The molecule has 0 bridgehead atoms. The Morgan fingerprint density at radius 3 is 2.76 bits per heavy atom. The van der Waals surface area contributed by atoms with Gasteiger partial charge in [0.15, 0.2) is 0 Å². The first-order valence-electron chi connectivity index (χ1n) is 5.27. The molecule has 0 aliphatic rings. The number of carboxylic acid groups (broad SMARTS) is 1. The van der Waals surface area contributed by atoms with E-state index in [1.807, 2.05) is 13.0 Å². The van der Waals surface area contributed by atoms with Crippen molar-refractivity contribution >= 4 is 11.7 Å². The summed E-state index contributed by atoms with van der Waals surface area (Å²) in [5, 5.41) is 12.1. The largest absolute Gasteiger partial charge is 0.478 e. The van der Waals surface area contributed by atoms with E-state index in [-0.39, 0.29) is 5.56 Å². The first-order valence-corrected chi connectivity index (χ1v) is 5.27. The molecule has 0 unspecified atom stereocenters. The highest BCUT2D eigenvalue weighted by Crippen LogP contribution is 2.17. The first-order chi connectivity index (χ1) is 8.18. The smallest absolute Gasteiger partial charge is 0.337 e. The number of anilines is 1. The summed E-state index contributed by atoms with van der Waals surface area (Å²) in [5.41, 5.74) is 1.90. The van der Waals surface area contributed by atoms with E-state index in [4.69, 9.17) is 9.52 Å². The van der Waals surface area contributed by atoms with Crippen molar-refractivity contribution in [1.82, 2.24) is 0 Å². The van der Waals surface area contributed by atoms with Crippen molar-refractivity contribution in [3.63, 3.8) is 0 Å². The molecule has 0 atom stereocenters. The standard InChI is InChI=1S/C13H13NO3/c1-9-6-7-17-12(9)8-14-11-5-3-2-4-10(11)13(15)16/h2-7,14H,8H2,1H3,(H,15,16). The van der Waals surface area contributed by atoms with Crippen LogP contribution in [0.15, 0.2) is 41.0 Å². The van der Waals surface area contributed by atoms with Gasteiger partial charge >= 0.3 is 5.97 Å². The third-order valence-electron chi connectivity index (χ3n) is 2.57. The van der Waals surface area contributed by atoms with E-state index in [1.165, 1.54) is 0 Å². The molecule has 0 spiro atoms. The zero-order valence-corrected chi connectivity index (χ0v) is 9.43. The van der Waals surface area contributed by atoms with E-state index >= 15 is 0 Å². The van der Waals surface area contributed by atoms with Crippen LogP contribution in [0.25, 0.3) is 0 Å². The van der Waals surface area contributed by atoms with Gasteiger partial charge in [-0.25, -0.2) is 4.79 Å². The van der Waals surface area contributed by atoms with Crippen molar-refractivity contribution in [2.45, 2.75) is 13.5 Å². The van der Waals surface area contributed by atoms with Gasteiger partial charge in [0.1, 0.15) is 5.76 Å². The second-order valence-electron chi connectivity index (χ2n) is 3.73. The predicted octanol–water partition coefficient (Wildman–Crippen LogP) is 2.90. The van der Waals surface area contributed by atoms with Crippen molar-refractivity contribution in [2.24, 2.45) is 0 Å². The van der Waals surface area contributed by atoms with Crippen molar-refractivity contribution < 1.29 is 14.3 Å². The lowest BCUT2D eigenvalue weighted by molar-refractivity contribution is 0.0698. The molecule has 0 saturated carbocycles. The summed E-state index contributed by atoms with van der Waals surface area (Å²) in [6, 6.07) is 8.68. The fraction of sp³-hybridized carbons (Fsp3) is 0.154. The van der Waals surface area contributed by atoms with Crippen LogP contribution in [0.2, 0.25) is 0 Å². The number of nitrogens with one attached hydrogen (secondary N) is 1. The molecule has 2 rings (SSSR count). The van der Waals surface area contributed by atoms with E-state index < -0.39 is 5.97 Å². The fourth-order valence-corrected chi connectivity index (χ4v) is 1.58. The van der Waals surface area contributed by atoms with Gasteiger partial charge in [-0.2, -0.15) is 0 Å². The molecule has 17 heavy (non-hydrogen) atoms. The first kappa shape index (κ1) is 11.3. The van der Waals surface area contributed by atoms with Crippen LogP contribution >= 0.6 is 0 Å². The Balaban J connectivity index is 2.14. The Bertz CT molecular complexity index is 531. The van der Waals surface area contributed by atoms with Gasteiger partial charge in [0, 0.05) is 5.69 Å². The maximum atomic E-state index is 11.0. The van der Waals surface area contributed by atoms with Gasteiger partial charge < -0.3 is 14.8 Å². The number of aromatic carboxylic acids is 1. The normalized spacial score (nSPS) is 10.2. The van der Waals surface area contributed by atoms with E-state index in [1.54, 1.807) is 30.5 Å². The molecule has 88 valence electrons. The molecule has 0 saturated heterocycles. The Kier molecular flexibility index (Phi) is 3.14. The summed E-state index contributed by atoms with van der Waals surface area (Å²) < 4.78 is 5.28. The highest BCUT2D eigenvalue weighted by molar-refractivity contribution is 5.94. The van der Waals surface area contributed by atoms with Crippen LogP contribution < -0.4 is 5.32 Å². The second-order valence-corrected chi connectivity index (χ2v) is 3.73. The number of aryl methyl sites for hydroxylation is 1. The number of carbonyl (C=O) groups is 1.